The number of benzene rings is 3. The van der Waals surface area contributed by atoms with Gasteiger partial charge in [0, 0.05) is 20.1 Å². The third kappa shape index (κ3) is 8.46. The molecule has 5 rings (SSSR count). The van der Waals surface area contributed by atoms with E-state index in [2.05, 4.69) is 10.3 Å². The summed E-state index contributed by atoms with van der Waals surface area (Å²) in [5.74, 6) is -0.463. The summed E-state index contributed by atoms with van der Waals surface area (Å²) in [6, 6.07) is 20.2. The number of hydrogen-bond acceptors (Lipinski definition) is 8. The highest BCUT2D eigenvalue weighted by Crippen LogP contribution is 2.25. The van der Waals surface area contributed by atoms with Gasteiger partial charge in [0.05, 0.1) is 41.7 Å². The van der Waals surface area contributed by atoms with Crippen molar-refractivity contribution in [2.24, 2.45) is 18.9 Å². The van der Waals surface area contributed by atoms with Gasteiger partial charge < -0.3 is 24.6 Å². The van der Waals surface area contributed by atoms with E-state index < -0.39 is 52.0 Å². The van der Waals surface area contributed by atoms with Crippen LogP contribution < -0.4 is 10.1 Å². The molecular formula is C38H48N6O7S. The Morgan fingerprint density at radius 1 is 0.962 bits per heavy atom. The van der Waals surface area contributed by atoms with Crippen molar-refractivity contribution < 1.29 is 32.6 Å². The van der Waals surface area contributed by atoms with E-state index in [1.165, 1.54) is 28.4 Å². The Labute approximate surface area is 305 Å². The SMILES string of the molecule is COc1ccc(S(=O)(=O)N(CC(C)C)C[C@@H](O)[C@H](Cc2ccccc2)NC(=O)C(C(C)C)N2CC(=O)N(Cc3nc4ccccc4n3C)C2=O)cc1. The van der Waals surface area contributed by atoms with Crippen LogP contribution in [0.1, 0.15) is 39.1 Å². The van der Waals surface area contributed by atoms with Crippen LogP contribution in [0, 0.1) is 11.8 Å². The minimum Gasteiger partial charge on any atom is -0.497 e. The summed E-state index contributed by atoms with van der Waals surface area (Å²) >= 11 is 0. The molecule has 1 aliphatic heterocycles. The van der Waals surface area contributed by atoms with E-state index in [9.17, 15) is 27.9 Å². The fourth-order valence-corrected chi connectivity index (χ4v) is 8.17. The van der Waals surface area contributed by atoms with Gasteiger partial charge in [0.2, 0.25) is 15.9 Å². The molecule has 2 heterocycles. The van der Waals surface area contributed by atoms with Crippen molar-refractivity contribution in [3.8, 4) is 5.75 Å². The first-order chi connectivity index (χ1) is 24.7. The zero-order chi connectivity index (χ0) is 37.7. The molecule has 1 saturated heterocycles. The van der Waals surface area contributed by atoms with Gasteiger partial charge in [-0.15, -0.1) is 0 Å². The number of aromatic nitrogens is 2. The number of carbonyl (C=O) groups is 3. The molecule has 1 unspecified atom stereocenters. The lowest BCUT2D eigenvalue weighted by molar-refractivity contribution is -0.129. The second kappa shape index (κ2) is 16.3. The van der Waals surface area contributed by atoms with Gasteiger partial charge in [-0.3, -0.25) is 14.5 Å². The summed E-state index contributed by atoms with van der Waals surface area (Å²) in [5, 5.41) is 14.7. The van der Waals surface area contributed by atoms with Gasteiger partial charge in [0.1, 0.15) is 24.2 Å². The summed E-state index contributed by atoms with van der Waals surface area (Å²) in [7, 11) is -0.736. The lowest BCUT2D eigenvalue weighted by atomic mass is 9.97. The molecule has 1 aromatic heterocycles. The zero-order valence-corrected chi connectivity index (χ0v) is 31.3. The normalized spacial score (nSPS) is 15.6. The number of aliphatic hydroxyl groups is 1. The second-order valence-corrected chi connectivity index (χ2v) is 15.9. The molecule has 2 N–H and O–H groups in total. The predicted octanol–water partition coefficient (Wildman–Crippen LogP) is 3.81. The molecule has 3 atom stereocenters. The molecule has 0 radical (unpaired) electrons. The molecule has 1 aliphatic rings. The monoisotopic (exact) mass is 732 g/mol. The van der Waals surface area contributed by atoms with Crippen LogP contribution in [-0.4, -0.2) is 100.0 Å². The Morgan fingerprint density at radius 2 is 1.62 bits per heavy atom. The smallest absolute Gasteiger partial charge is 0.328 e. The minimum absolute atomic E-state index is 0.0464. The number of ether oxygens (including phenoxy) is 1. The number of nitrogens with zero attached hydrogens (tertiary/aromatic N) is 5. The van der Waals surface area contributed by atoms with E-state index in [0.29, 0.717) is 11.6 Å². The van der Waals surface area contributed by atoms with Crippen molar-refractivity contribution in [2.45, 2.75) is 63.7 Å². The third-order valence-electron chi connectivity index (χ3n) is 9.25. The number of fused-ring (bicyclic) bond motifs is 1. The lowest BCUT2D eigenvalue weighted by Gasteiger charge is -2.34. The van der Waals surface area contributed by atoms with Crippen LogP contribution in [0.15, 0.2) is 83.8 Å². The van der Waals surface area contributed by atoms with Gasteiger partial charge in [0.25, 0.3) is 5.91 Å². The second-order valence-electron chi connectivity index (χ2n) is 13.9. The summed E-state index contributed by atoms with van der Waals surface area (Å²) in [6.45, 7) is 6.79. The molecule has 0 spiro atoms. The maximum atomic E-state index is 14.2. The third-order valence-corrected chi connectivity index (χ3v) is 11.1. The quantitative estimate of drug-likeness (QED) is 0.165. The highest BCUT2D eigenvalue weighted by molar-refractivity contribution is 7.89. The first-order valence-corrected chi connectivity index (χ1v) is 18.8. The fourth-order valence-electron chi connectivity index (χ4n) is 6.55. The Kier molecular flexibility index (Phi) is 12.0. The molecule has 1 fully saturated rings. The molecule has 3 aromatic carbocycles. The van der Waals surface area contributed by atoms with Crippen LogP contribution in [0.2, 0.25) is 0 Å². The minimum atomic E-state index is -4.05. The molecule has 4 amide bonds. The number of amides is 4. The first-order valence-electron chi connectivity index (χ1n) is 17.4. The van der Waals surface area contributed by atoms with Crippen molar-refractivity contribution in [3.05, 3.63) is 90.3 Å². The fraction of sp³-hybridized carbons (Fsp3) is 0.421. The average molecular weight is 733 g/mol. The molecule has 0 bridgehead atoms. The summed E-state index contributed by atoms with van der Waals surface area (Å²) < 4.78 is 36.0. The number of aliphatic hydroxyl groups excluding tert-OH is 1. The standard InChI is InChI=1S/C38H48N6O7S/c1-25(2)21-42(52(49,50)29-18-16-28(51-6)17-19-29)22-33(45)31(20-27-12-8-7-9-13-27)40-37(47)36(26(3)4)44-24-35(46)43(38(44)48)23-34-39-30-14-10-11-15-32(30)41(34)5/h7-19,25-26,31,33,36,45H,20-24H2,1-6H3,(H,40,47)/t31-,33+,36?/m0/s1. The number of imide groups is 1. The highest BCUT2D eigenvalue weighted by atomic mass is 32.2. The number of carbonyl (C=O) groups excluding carboxylic acids is 3. The van der Waals surface area contributed by atoms with Crippen LogP contribution in [-0.2, 0) is 39.6 Å². The summed E-state index contributed by atoms with van der Waals surface area (Å²) in [6.07, 6.45) is -1.16. The van der Waals surface area contributed by atoms with Gasteiger partial charge in [-0.25, -0.2) is 18.2 Å². The van der Waals surface area contributed by atoms with Crippen LogP contribution in [0.5, 0.6) is 5.75 Å². The Hall–Kier alpha value is -4.79. The van der Waals surface area contributed by atoms with Gasteiger partial charge >= 0.3 is 6.03 Å². The van der Waals surface area contributed by atoms with E-state index in [1.54, 1.807) is 26.0 Å². The summed E-state index contributed by atoms with van der Waals surface area (Å²) in [4.78, 5) is 48.3. The molecule has 0 saturated carbocycles. The van der Waals surface area contributed by atoms with E-state index in [4.69, 9.17) is 4.74 Å². The van der Waals surface area contributed by atoms with Crippen LogP contribution >= 0.6 is 0 Å². The molecule has 278 valence electrons. The van der Waals surface area contributed by atoms with Gasteiger partial charge in [-0.05, 0) is 60.2 Å². The number of rotatable bonds is 16. The molecule has 4 aromatic rings. The number of nitrogens with one attached hydrogen (secondary N) is 1. The maximum absolute atomic E-state index is 14.2. The van der Waals surface area contributed by atoms with E-state index in [1.807, 2.05) is 80.1 Å². The van der Waals surface area contributed by atoms with Crippen LogP contribution in [0.3, 0.4) is 0 Å². The molecule has 14 heteroatoms. The number of sulfonamides is 1. The predicted molar refractivity (Wildman–Crippen MR) is 197 cm³/mol. The molecule has 13 nitrogen and oxygen atoms in total. The number of imidazole rings is 1. The van der Waals surface area contributed by atoms with Gasteiger partial charge in [0.15, 0.2) is 0 Å². The van der Waals surface area contributed by atoms with Crippen molar-refractivity contribution in [3.63, 3.8) is 0 Å². The maximum Gasteiger partial charge on any atom is 0.328 e. The number of aryl methyl sites for hydroxylation is 1. The first kappa shape index (κ1) is 38.4. The highest BCUT2D eigenvalue weighted by Gasteiger charge is 2.45. The van der Waals surface area contributed by atoms with Crippen molar-refractivity contribution >= 4 is 38.9 Å². The molecular weight excluding hydrogens is 685 g/mol. The van der Waals surface area contributed by atoms with E-state index in [-0.39, 0.29) is 43.4 Å². The number of hydrogen-bond donors (Lipinski definition) is 2. The van der Waals surface area contributed by atoms with Gasteiger partial charge in [-0.1, -0.05) is 70.2 Å². The van der Waals surface area contributed by atoms with Crippen molar-refractivity contribution in [1.82, 2.24) is 29.0 Å². The lowest BCUT2D eigenvalue weighted by Crippen LogP contribution is -2.57. The average Bonchev–Trinajstić information content (AvgIpc) is 3.57. The Balaban J connectivity index is 1.38. The number of methoxy groups -OCH3 is 1. The number of para-hydroxylation sites is 2. The Morgan fingerprint density at radius 3 is 2.23 bits per heavy atom. The van der Waals surface area contributed by atoms with Crippen LogP contribution in [0.25, 0.3) is 11.0 Å². The largest absolute Gasteiger partial charge is 0.497 e. The topological polar surface area (TPSA) is 154 Å². The van der Waals surface area contributed by atoms with Crippen molar-refractivity contribution in [2.75, 3.05) is 26.7 Å². The van der Waals surface area contributed by atoms with E-state index >= 15 is 0 Å². The summed E-state index contributed by atoms with van der Waals surface area (Å²) in [5.41, 5.74) is 2.41. The zero-order valence-electron chi connectivity index (χ0n) is 30.5. The Bertz CT molecular complexity index is 1980. The van der Waals surface area contributed by atoms with E-state index in [0.717, 1.165) is 21.5 Å². The molecule has 0 aliphatic carbocycles. The van der Waals surface area contributed by atoms with Crippen LogP contribution in [0.4, 0.5) is 4.79 Å². The van der Waals surface area contributed by atoms with Crippen molar-refractivity contribution in [1.29, 1.82) is 0 Å². The van der Waals surface area contributed by atoms with Gasteiger partial charge in [-0.2, -0.15) is 4.31 Å². The molecule has 52 heavy (non-hydrogen) atoms. The number of urea groups is 1.